The molecule has 5 unspecified atom stereocenters. The number of fused-ring (bicyclic) bond motifs is 2. The molecule has 2 aliphatic carbocycles. The highest BCUT2D eigenvalue weighted by molar-refractivity contribution is 5.77. The van der Waals surface area contributed by atoms with Crippen LogP contribution in [0.25, 0.3) is 11.0 Å². The molecule has 1 aromatic heterocycles. The maximum atomic E-state index is 11.5. The minimum atomic E-state index is -0.826. The second-order valence-electron chi connectivity index (χ2n) is 10.1. The van der Waals surface area contributed by atoms with Crippen molar-refractivity contribution >= 4 is 11.0 Å². The first kappa shape index (κ1) is 20.4. The van der Waals surface area contributed by atoms with Crippen molar-refractivity contribution in [3.8, 4) is 5.75 Å². The number of aliphatic hydroxyl groups is 2. The van der Waals surface area contributed by atoms with Gasteiger partial charge in [-0.05, 0) is 67.6 Å². The summed E-state index contributed by atoms with van der Waals surface area (Å²) < 4.78 is 11.4. The van der Waals surface area contributed by atoms with Gasteiger partial charge in [-0.3, -0.25) is 0 Å². The monoisotopic (exact) mass is 400 g/mol. The Bertz CT molecular complexity index is 959. The van der Waals surface area contributed by atoms with Crippen LogP contribution in [-0.2, 0) is 0 Å². The Morgan fingerprint density at radius 3 is 2.59 bits per heavy atom. The molecule has 4 rings (SSSR count). The summed E-state index contributed by atoms with van der Waals surface area (Å²) in [6.45, 7) is 8.87. The molecule has 29 heavy (non-hydrogen) atoms. The molecule has 2 N–H and O–H groups in total. The third-order valence-electron chi connectivity index (χ3n) is 8.01. The third-order valence-corrected chi connectivity index (χ3v) is 8.01. The molecule has 2 fully saturated rings. The van der Waals surface area contributed by atoms with Crippen LogP contribution < -0.4 is 10.4 Å². The number of aliphatic hydroxyl groups excluding tert-OH is 1. The van der Waals surface area contributed by atoms with Crippen molar-refractivity contribution in [2.75, 3.05) is 6.61 Å². The standard InChI is InChI=1S/C24H32O5/c1-22(2)18-9-12-24(4,27)19(23(18,3)11-10-20(22)25)14-28-16-7-5-15-6-8-21(26)29-17(15)13-16/h5-8,13,18-20,25,27H,9-12,14H2,1-4H3. The summed E-state index contributed by atoms with van der Waals surface area (Å²) >= 11 is 0. The van der Waals surface area contributed by atoms with Gasteiger partial charge < -0.3 is 19.4 Å². The van der Waals surface area contributed by atoms with Gasteiger partial charge in [-0.2, -0.15) is 0 Å². The molecule has 5 atom stereocenters. The predicted molar refractivity (Wildman–Crippen MR) is 112 cm³/mol. The first-order chi connectivity index (χ1) is 13.5. The van der Waals surface area contributed by atoms with Gasteiger partial charge in [0.1, 0.15) is 11.3 Å². The topological polar surface area (TPSA) is 79.9 Å². The number of ether oxygens (including phenoxy) is 1. The van der Waals surface area contributed by atoms with E-state index in [-0.39, 0.29) is 28.5 Å². The van der Waals surface area contributed by atoms with Crippen molar-refractivity contribution in [1.82, 2.24) is 0 Å². The molecule has 0 amide bonds. The van der Waals surface area contributed by atoms with Crippen LogP contribution in [0.15, 0.2) is 39.5 Å². The predicted octanol–water partition coefficient (Wildman–Crippen LogP) is 4.14. The molecule has 5 nitrogen and oxygen atoms in total. The molecular formula is C24H32O5. The first-order valence-corrected chi connectivity index (χ1v) is 10.6. The highest BCUT2D eigenvalue weighted by Crippen LogP contribution is 2.61. The molecule has 1 heterocycles. The number of hydrogen-bond acceptors (Lipinski definition) is 5. The van der Waals surface area contributed by atoms with Crippen LogP contribution >= 0.6 is 0 Å². The maximum absolute atomic E-state index is 11.5. The van der Waals surface area contributed by atoms with Crippen LogP contribution in [-0.4, -0.2) is 28.5 Å². The summed E-state index contributed by atoms with van der Waals surface area (Å²) in [6.07, 6.45) is 2.91. The maximum Gasteiger partial charge on any atom is 0.336 e. The molecule has 5 heteroatoms. The van der Waals surface area contributed by atoms with E-state index in [0.717, 1.165) is 24.6 Å². The van der Waals surface area contributed by atoms with Gasteiger partial charge in [0.25, 0.3) is 0 Å². The van der Waals surface area contributed by atoms with Crippen molar-refractivity contribution in [2.45, 2.75) is 65.1 Å². The van der Waals surface area contributed by atoms with Crippen molar-refractivity contribution in [2.24, 2.45) is 22.7 Å². The Balaban J connectivity index is 1.61. The molecule has 0 aliphatic heterocycles. The average molecular weight is 401 g/mol. The smallest absolute Gasteiger partial charge is 0.336 e. The van der Waals surface area contributed by atoms with Gasteiger partial charge in [0.05, 0.1) is 18.3 Å². The number of hydrogen-bond donors (Lipinski definition) is 2. The summed E-state index contributed by atoms with van der Waals surface area (Å²) in [5, 5.41) is 22.7. The van der Waals surface area contributed by atoms with Crippen molar-refractivity contribution < 1.29 is 19.4 Å². The molecule has 2 saturated carbocycles. The van der Waals surface area contributed by atoms with Crippen LogP contribution in [0.1, 0.15) is 53.4 Å². The Morgan fingerprint density at radius 2 is 1.83 bits per heavy atom. The zero-order chi connectivity index (χ0) is 21.0. The number of rotatable bonds is 3. The minimum absolute atomic E-state index is 0.0565. The second kappa shape index (κ2) is 6.85. The zero-order valence-electron chi connectivity index (χ0n) is 17.8. The lowest BCUT2D eigenvalue weighted by Gasteiger charge is -2.62. The van der Waals surface area contributed by atoms with Crippen molar-refractivity contribution in [3.05, 3.63) is 40.8 Å². The summed E-state index contributed by atoms with van der Waals surface area (Å²) in [4.78, 5) is 11.5. The van der Waals surface area contributed by atoms with Crippen LogP contribution in [0.4, 0.5) is 0 Å². The minimum Gasteiger partial charge on any atom is -0.493 e. The zero-order valence-corrected chi connectivity index (χ0v) is 17.8. The van der Waals surface area contributed by atoms with Crippen LogP contribution in [0, 0.1) is 22.7 Å². The van der Waals surface area contributed by atoms with E-state index in [1.165, 1.54) is 6.07 Å². The first-order valence-electron chi connectivity index (χ1n) is 10.6. The van der Waals surface area contributed by atoms with Crippen LogP contribution in [0.3, 0.4) is 0 Å². The molecular weight excluding hydrogens is 368 g/mol. The van der Waals surface area contributed by atoms with Crippen molar-refractivity contribution in [1.29, 1.82) is 0 Å². The van der Waals surface area contributed by atoms with E-state index in [2.05, 4.69) is 20.8 Å². The van der Waals surface area contributed by atoms with Gasteiger partial charge in [-0.1, -0.05) is 20.8 Å². The Hall–Kier alpha value is -1.85. The van der Waals surface area contributed by atoms with E-state index in [1.807, 2.05) is 19.1 Å². The molecule has 158 valence electrons. The van der Waals surface area contributed by atoms with Gasteiger partial charge in [0, 0.05) is 23.4 Å². The van der Waals surface area contributed by atoms with Gasteiger partial charge in [0.2, 0.25) is 0 Å². The van der Waals surface area contributed by atoms with E-state index in [9.17, 15) is 15.0 Å². The van der Waals surface area contributed by atoms with Crippen molar-refractivity contribution in [3.63, 3.8) is 0 Å². The molecule has 1 aromatic carbocycles. The summed E-state index contributed by atoms with van der Waals surface area (Å²) in [5.74, 6) is 0.893. The fourth-order valence-corrected chi connectivity index (χ4v) is 6.20. The fourth-order valence-electron chi connectivity index (χ4n) is 6.20. The van der Waals surface area contributed by atoms with Crippen LogP contribution in [0.2, 0.25) is 0 Å². The third kappa shape index (κ3) is 3.38. The Kier molecular flexibility index (Phi) is 4.82. The lowest BCUT2D eigenvalue weighted by Crippen LogP contribution is -2.61. The number of benzene rings is 1. The van der Waals surface area contributed by atoms with Gasteiger partial charge in [-0.15, -0.1) is 0 Å². The summed E-state index contributed by atoms with van der Waals surface area (Å²) in [7, 11) is 0. The Labute approximate surface area is 171 Å². The molecule has 2 aromatic rings. The van der Waals surface area contributed by atoms with Gasteiger partial charge in [-0.25, -0.2) is 4.79 Å². The van der Waals surface area contributed by atoms with E-state index < -0.39 is 5.60 Å². The highest BCUT2D eigenvalue weighted by Gasteiger charge is 2.60. The van der Waals surface area contributed by atoms with E-state index in [4.69, 9.17) is 9.15 Å². The molecule has 0 spiro atoms. The Morgan fingerprint density at radius 1 is 1.10 bits per heavy atom. The lowest BCUT2D eigenvalue weighted by atomic mass is 9.45. The fraction of sp³-hybridized carbons (Fsp3) is 0.625. The summed E-state index contributed by atoms with van der Waals surface area (Å²) in [5.41, 5.74) is -1.02. The lowest BCUT2D eigenvalue weighted by molar-refractivity contribution is -0.201. The quantitative estimate of drug-likeness (QED) is 0.757. The van der Waals surface area contributed by atoms with Gasteiger partial charge >= 0.3 is 5.63 Å². The largest absolute Gasteiger partial charge is 0.493 e. The van der Waals surface area contributed by atoms with E-state index >= 15 is 0 Å². The normalized spacial score (nSPS) is 36.6. The molecule has 0 radical (unpaired) electrons. The molecule has 0 bridgehead atoms. The molecule has 0 saturated heterocycles. The average Bonchev–Trinajstić information content (AvgIpc) is 2.64. The molecule has 2 aliphatic rings. The van der Waals surface area contributed by atoms with E-state index in [1.54, 1.807) is 12.1 Å². The van der Waals surface area contributed by atoms with Gasteiger partial charge in [0.15, 0.2) is 0 Å². The van der Waals surface area contributed by atoms with Crippen LogP contribution in [0.5, 0.6) is 5.75 Å². The summed E-state index contributed by atoms with van der Waals surface area (Å²) in [6, 6.07) is 8.62. The second-order valence-corrected chi connectivity index (χ2v) is 10.1. The van der Waals surface area contributed by atoms with E-state index in [0.29, 0.717) is 30.3 Å². The highest BCUT2D eigenvalue weighted by atomic mass is 16.5. The SMILES string of the molecule is CC1(O)CCC2C(C)(C)C(O)CCC2(C)C1COc1ccc2ccc(=O)oc2c1.